The SMILES string of the molecule is CC(C)CCN1CCCc2c(N)cccc21. The highest BCUT2D eigenvalue weighted by Gasteiger charge is 2.18. The molecule has 0 bridgehead atoms. The van der Waals surface area contributed by atoms with Gasteiger partial charge in [0.1, 0.15) is 0 Å². The van der Waals surface area contributed by atoms with Crippen molar-refractivity contribution >= 4 is 11.4 Å². The summed E-state index contributed by atoms with van der Waals surface area (Å²) >= 11 is 0. The number of nitrogens with two attached hydrogens (primary N) is 1. The van der Waals surface area contributed by atoms with Gasteiger partial charge in [-0.25, -0.2) is 0 Å². The van der Waals surface area contributed by atoms with Crippen LogP contribution < -0.4 is 10.6 Å². The second-order valence-electron chi connectivity index (χ2n) is 5.12. The summed E-state index contributed by atoms with van der Waals surface area (Å²) in [6.07, 6.45) is 3.63. The van der Waals surface area contributed by atoms with Crippen LogP contribution in [0.2, 0.25) is 0 Å². The van der Waals surface area contributed by atoms with Gasteiger partial charge in [0.25, 0.3) is 0 Å². The second-order valence-corrected chi connectivity index (χ2v) is 5.12. The van der Waals surface area contributed by atoms with E-state index in [0.29, 0.717) is 0 Å². The van der Waals surface area contributed by atoms with Crippen LogP contribution in [-0.4, -0.2) is 13.1 Å². The highest BCUT2D eigenvalue weighted by Crippen LogP contribution is 2.31. The molecular formula is C14H22N2. The van der Waals surface area contributed by atoms with Crippen molar-refractivity contribution in [1.29, 1.82) is 0 Å². The molecule has 2 nitrogen and oxygen atoms in total. The fourth-order valence-corrected chi connectivity index (χ4v) is 2.37. The maximum absolute atomic E-state index is 6.03. The molecule has 1 aromatic carbocycles. The van der Waals surface area contributed by atoms with Crippen LogP contribution in [0.15, 0.2) is 18.2 Å². The molecule has 88 valence electrons. The quantitative estimate of drug-likeness (QED) is 0.790. The van der Waals surface area contributed by atoms with Gasteiger partial charge in [-0.05, 0) is 42.9 Å². The van der Waals surface area contributed by atoms with Crippen molar-refractivity contribution in [2.45, 2.75) is 33.1 Å². The maximum atomic E-state index is 6.03. The van der Waals surface area contributed by atoms with Gasteiger partial charge in [-0.1, -0.05) is 19.9 Å². The molecule has 1 aliphatic heterocycles. The lowest BCUT2D eigenvalue weighted by Gasteiger charge is -2.32. The van der Waals surface area contributed by atoms with Gasteiger partial charge in [0.2, 0.25) is 0 Å². The van der Waals surface area contributed by atoms with Crippen LogP contribution in [0.4, 0.5) is 11.4 Å². The van der Waals surface area contributed by atoms with Gasteiger partial charge in [-0.15, -0.1) is 0 Å². The summed E-state index contributed by atoms with van der Waals surface area (Å²) < 4.78 is 0. The maximum Gasteiger partial charge on any atom is 0.0419 e. The fraction of sp³-hybridized carbons (Fsp3) is 0.571. The molecule has 1 aliphatic rings. The van der Waals surface area contributed by atoms with Gasteiger partial charge in [0.15, 0.2) is 0 Å². The third-order valence-corrected chi connectivity index (χ3v) is 3.36. The topological polar surface area (TPSA) is 29.3 Å². The summed E-state index contributed by atoms with van der Waals surface area (Å²) in [7, 11) is 0. The molecule has 1 heterocycles. The molecule has 0 saturated heterocycles. The third kappa shape index (κ3) is 2.31. The fourth-order valence-electron chi connectivity index (χ4n) is 2.37. The lowest BCUT2D eigenvalue weighted by molar-refractivity contribution is 0.560. The molecular weight excluding hydrogens is 196 g/mol. The Labute approximate surface area is 98.4 Å². The summed E-state index contributed by atoms with van der Waals surface area (Å²) in [5, 5.41) is 0. The number of fused-ring (bicyclic) bond motifs is 1. The van der Waals surface area contributed by atoms with Crippen LogP contribution in [0.25, 0.3) is 0 Å². The zero-order chi connectivity index (χ0) is 11.5. The minimum atomic E-state index is 0.770. The molecule has 1 aromatic rings. The van der Waals surface area contributed by atoms with Gasteiger partial charge < -0.3 is 10.6 Å². The van der Waals surface area contributed by atoms with E-state index in [0.717, 1.165) is 24.6 Å². The first-order valence-corrected chi connectivity index (χ1v) is 6.31. The minimum Gasteiger partial charge on any atom is -0.398 e. The zero-order valence-electron chi connectivity index (χ0n) is 10.4. The zero-order valence-corrected chi connectivity index (χ0v) is 10.4. The molecule has 0 saturated carbocycles. The summed E-state index contributed by atoms with van der Waals surface area (Å²) in [4.78, 5) is 2.50. The highest BCUT2D eigenvalue weighted by atomic mass is 15.1. The molecule has 0 aromatic heterocycles. The lowest BCUT2D eigenvalue weighted by Crippen LogP contribution is -2.31. The Morgan fingerprint density at radius 3 is 2.94 bits per heavy atom. The molecule has 0 fully saturated rings. The van der Waals surface area contributed by atoms with Crippen LogP contribution in [-0.2, 0) is 6.42 Å². The molecule has 0 radical (unpaired) electrons. The molecule has 0 aliphatic carbocycles. The Balaban J connectivity index is 2.16. The van der Waals surface area contributed by atoms with Gasteiger partial charge in [-0.3, -0.25) is 0 Å². The van der Waals surface area contributed by atoms with E-state index in [1.165, 1.54) is 30.6 Å². The summed E-state index contributed by atoms with van der Waals surface area (Å²) in [6.45, 7) is 6.91. The molecule has 2 heteroatoms. The number of benzene rings is 1. The van der Waals surface area contributed by atoms with Gasteiger partial charge in [-0.2, -0.15) is 0 Å². The third-order valence-electron chi connectivity index (χ3n) is 3.36. The summed E-state index contributed by atoms with van der Waals surface area (Å²) in [6, 6.07) is 6.30. The number of rotatable bonds is 3. The number of nitrogens with zero attached hydrogens (tertiary/aromatic N) is 1. The van der Waals surface area contributed by atoms with Gasteiger partial charge in [0.05, 0.1) is 0 Å². The van der Waals surface area contributed by atoms with Crippen molar-refractivity contribution < 1.29 is 0 Å². The summed E-state index contributed by atoms with van der Waals surface area (Å²) in [5.41, 5.74) is 9.72. The van der Waals surface area contributed by atoms with Crippen LogP contribution in [0, 0.1) is 5.92 Å². The summed E-state index contributed by atoms with van der Waals surface area (Å²) in [5.74, 6) is 0.770. The average Bonchev–Trinajstić information content (AvgIpc) is 2.27. The highest BCUT2D eigenvalue weighted by molar-refractivity contribution is 5.66. The molecule has 16 heavy (non-hydrogen) atoms. The molecule has 0 spiro atoms. The predicted molar refractivity (Wildman–Crippen MR) is 70.8 cm³/mol. The van der Waals surface area contributed by atoms with Gasteiger partial charge >= 0.3 is 0 Å². The van der Waals surface area contributed by atoms with E-state index < -0.39 is 0 Å². The Morgan fingerprint density at radius 2 is 2.19 bits per heavy atom. The lowest BCUT2D eigenvalue weighted by atomic mass is 9.99. The van der Waals surface area contributed by atoms with Crippen LogP contribution in [0.3, 0.4) is 0 Å². The number of hydrogen-bond acceptors (Lipinski definition) is 2. The first-order valence-electron chi connectivity index (χ1n) is 6.31. The Kier molecular flexibility index (Phi) is 3.37. The van der Waals surface area contributed by atoms with Crippen molar-refractivity contribution in [2.24, 2.45) is 5.92 Å². The van der Waals surface area contributed by atoms with E-state index in [1.54, 1.807) is 0 Å². The van der Waals surface area contributed by atoms with Gasteiger partial charge in [0, 0.05) is 24.5 Å². The molecule has 2 rings (SSSR count). The van der Waals surface area contributed by atoms with Crippen molar-refractivity contribution in [3.63, 3.8) is 0 Å². The van der Waals surface area contributed by atoms with E-state index in [9.17, 15) is 0 Å². The predicted octanol–water partition coefficient (Wildman–Crippen LogP) is 3.07. The van der Waals surface area contributed by atoms with Crippen molar-refractivity contribution in [2.75, 3.05) is 23.7 Å². The Hall–Kier alpha value is -1.18. The normalized spacial score (nSPS) is 15.3. The second kappa shape index (κ2) is 4.77. The van der Waals surface area contributed by atoms with Crippen LogP contribution >= 0.6 is 0 Å². The largest absolute Gasteiger partial charge is 0.398 e. The standard InChI is InChI=1S/C14H22N2/c1-11(2)8-10-16-9-4-5-12-13(15)6-3-7-14(12)16/h3,6-7,11H,4-5,8-10,15H2,1-2H3. The average molecular weight is 218 g/mol. The molecule has 0 amide bonds. The molecule has 0 atom stereocenters. The minimum absolute atomic E-state index is 0.770. The number of anilines is 2. The van der Waals surface area contributed by atoms with E-state index in [-0.39, 0.29) is 0 Å². The van der Waals surface area contributed by atoms with E-state index in [1.807, 2.05) is 6.07 Å². The first-order chi connectivity index (χ1) is 7.68. The van der Waals surface area contributed by atoms with Crippen molar-refractivity contribution in [3.05, 3.63) is 23.8 Å². The Bertz CT molecular complexity index is 358. The number of hydrogen-bond donors (Lipinski definition) is 1. The first kappa shape index (κ1) is 11.3. The van der Waals surface area contributed by atoms with E-state index >= 15 is 0 Å². The van der Waals surface area contributed by atoms with Crippen LogP contribution in [0.1, 0.15) is 32.3 Å². The van der Waals surface area contributed by atoms with Crippen LogP contribution in [0.5, 0.6) is 0 Å². The number of nitrogen functional groups attached to an aromatic ring is 1. The Morgan fingerprint density at radius 1 is 1.38 bits per heavy atom. The van der Waals surface area contributed by atoms with Crippen molar-refractivity contribution in [3.8, 4) is 0 Å². The van der Waals surface area contributed by atoms with E-state index in [4.69, 9.17) is 5.73 Å². The monoisotopic (exact) mass is 218 g/mol. The molecule has 0 unspecified atom stereocenters. The van der Waals surface area contributed by atoms with E-state index in [2.05, 4.69) is 30.9 Å². The van der Waals surface area contributed by atoms with Crippen molar-refractivity contribution in [1.82, 2.24) is 0 Å². The smallest absolute Gasteiger partial charge is 0.0419 e. The molecule has 2 N–H and O–H groups in total.